The summed E-state index contributed by atoms with van der Waals surface area (Å²) in [5.74, 6) is -0.886. The molecule has 2 aromatic carbocycles. The molecule has 23 heavy (non-hydrogen) atoms. The van der Waals surface area contributed by atoms with Crippen LogP contribution in [0, 0.1) is 0 Å². The van der Waals surface area contributed by atoms with Crippen LogP contribution in [0.3, 0.4) is 0 Å². The van der Waals surface area contributed by atoms with Gasteiger partial charge in [0.25, 0.3) is 5.91 Å². The lowest BCUT2D eigenvalue weighted by Gasteiger charge is -2.17. The van der Waals surface area contributed by atoms with E-state index >= 15 is 0 Å². The molecular formula is C15H14N2O5S. The van der Waals surface area contributed by atoms with Crippen LogP contribution in [0.25, 0.3) is 11.1 Å². The number of nitrogens with one attached hydrogen (secondary N) is 1. The Hall–Kier alpha value is -2.58. The van der Waals surface area contributed by atoms with Gasteiger partial charge in [0.2, 0.25) is 0 Å². The largest absolute Gasteiger partial charge is 0.506 e. The summed E-state index contributed by atoms with van der Waals surface area (Å²) in [5.41, 5.74) is 2.26. The first kappa shape index (κ1) is 15.3. The van der Waals surface area contributed by atoms with Gasteiger partial charge in [-0.2, -0.15) is 8.42 Å². The Morgan fingerprint density at radius 3 is 2.30 bits per heavy atom. The molecule has 7 nitrogen and oxygen atoms in total. The molecule has 2 aromatic rings. The van der Waals surface area contributed by atoms with E-state index in [0.717, 1.165) is 15.4 Å². The highest BCUT2D eigenvalue weighted by Crippen LogP contribution is 2.34. The van der Waals surface area contributed by atoms with E-state index < -0.39 is 16.1 Å². The van der Waals surface area contributed by atoms with E-state index in [1.165, 1.54) is 12.1 Å². The van der Waals surface area contributed by atoms with Gasteiger partial charge in [0.05, 0.1) is 12.3 Å². The summed E-state index contributed by atoms with van der Waals surface area (Å²) in [6.07, 6.45) is 0. The number of carbonyl (C=O) groups is 1. The average molecular weight is 334 g/mol. The number of rotatable bonds is 3. The molecule has 1 saturated heterocycles. The van der Waals surface area contributed by atoms with Gasteiger partial charge < -0.3 is 10.2 Å². The van der Waals surface area contributed by atoms with Crippen molar-refractivity contribution in [2.24, 2.45) is 0 Å². The molecule has 120 valence electrons. The lowest BCUT2D eigenvalue weighted by atomic mass is 10.0. The number of phenols is 1. The van der Waals surface area contributed by atoms with Crippen LogP contribution in [-0.2, 0) is 21.6 Å². The van der Waals surface area contributed by atoms with Gasteiger partial charge in [-0.05, 0) is 28.8 Å². The van der Waals surface area contributed by atoms with Crippen LogP contribution in [0.1, 0.15) is 5.56 Å². The van der Waals surface area contributed by atoms with Crippen molar-refractivity contribution in [1.29, 1.82) is 0 Å². The van der Waals surface area contributed by atoms with Crippen molar-refractivity contribution in [2.45, 2.75) is 6.61 Å². The minimum absolute atomic E-state index is 0.0343. The number of phenolic OH excluding ortho intramolecular Hbond substituents is 1. The minimum atomic E-state index is -3.98. The average Bonchev–Trinajstić information content (AvgIpc) is 2.80. The number of carbonyl (C=O) groups excluding carboxylic acids is 1. The first-order chi connectivity index (χ1) is 10.9. The van der Waals surface area contributed by atoms with Gasteiger partial charge in [0.15, 0.2) is 0 Å². The first-order valence-electron chi connectivity index (χ1n) is 6.77. The molecule has 0 saturated carbocycles. The predicted octanol–water partition coefficient (Wildman–Crippen LogP) is 0.733. The molecule has 0 unspecified atom stereocenters. The lowest BCUT2D eigenvalue weighted by molar-refractivity contribution is -0.117. The fourth-order valence-electron chi connectivity index (χ4n) is 2.37. The van der Waals surface area contributed by atoms with E-state index in [0.29, 0.717) is 5.56 Å². The number of benzene rings is 2. The molecule has 3 N–H and O–H groups in total. The molecule has 1 amide bonds. The minimum Gasteiger partial charge on any atom is -0.506 e. The molecule has 0 bridgehead atoms. The summed E-state index contributed by atoms with van der Waals surface area (Å²) < 4.78 is 26.5. The molecule has 1 heterocycles. The molecule has 0 atom stereocenters. The zero-order valence-electron chi connectivity index (χ0n) is 11.9. The molecular weight excluding hydrogens is 320 g/mol. The molecule has 0 radical (unpaired) electrons. The number of amides is 1. The van der Waals surface area contributed by atoms with Crippen molar-refractivity contribution < 1.29 is 23.4 Å². The molecule has 0 aliphatic carbocycles. The highest BCUT2D eigenvalue weighted by Gasteiger charge is 2.35. The number of anilines is 1. The Kier molecular flexibility index (Phi) is 3.70. The summed E-state index contributed by atoms with van der Waals surface area (Å²) in [6, 6.07) is 11.6. The first-order valence-corrected chi connectivity index (χ1v) is 8.21. The molecule has 1 aliphatic heterocycles. The number of hydrogen-bond donors (Lipinski definition) is 3. The summed E-state index contributed by atoms with van der Waals surface area (Å²) in [7, 11) is -3.98. The third kappa shape index (κ3) is 2.86. The summed E-state index contributed by atoms with van der Waals surface area (Å²) >= 11 is 0. The molecule has 8 heteroatoms. The number of hydrogen-bond acceptors (Lipinski definition) is 5. The highest BCUT2D eigenvalue weighted by atomic mass is 32.2. The maximum Gasteiger partial charge on any atom is 0.326 e. The van der Waals surface area contributed by atoms with Crippen LogP contribution in [0.2, 0.25) is 0 Å². The van der Waals surface area contributed by atoms with Gasteiger partial charge in [0, 0.05) is 0 Å². The van der Waals surface area contributed by atoms with Crippen LogP contribution in [0.5, 0.6) is 5.75 Å². The fourth-order valence-corrected chi connectivity index (χ4v) is 3.52. The van der Waals surface area contributed by atoms with Crippen LogP contribution in [-0.4, -0.2) is 31.1 Å². The van der Waals surface area contributed by atoms with Gasteiger partial charge >= 0.3 is 10.2 Å². The third-order valence-corrected chi connectivity index (χ3v) is 4.93. The SMILES string of the molecule is O=C1CN(c2cc(-c3ccc(CO)cc3)ccc2O)S(=O)(=O)N1. The Labute approximate surface area is 133 Å². The van der Waals surface area contributed by atoms with Crippen molar-refractivity contribution in [3.05, 3.63) is 48.0 Å². The van der Waals surface area contributed by atoms with E-state index in [2.05, 4.69) is 0 Å². The molecule has 1 aliphatic rings. The van der Waals surface area contributed by atoms with Crippen molar-refractivity contribution in [2.75, 3.05) is 10.8 Å². The zero-order valence-corrected chi connectivity index (χ0v) is 12.7. The zero-order chi connectivity index (χ0) is 16.6. The van der Waals surface area contributed by atoms with Gasteiger partial charge in [-0.1, -0.05) is 30.3 Å². The van der Waals surface area contributed by atoms with Crippen LogP contribution in [0.15, 0.2) is 42.5 Å². The second-order valence-corrected chi connectivity index (χ2v) is 6.69. The second-order valence-electron chi connectivity index (χ2n) is 5.10. The molecule has 0 spiro atoms. The van der Waals surface area contributed by atoms with Crippen molar-refractivity contribution in [3.63, 3.8) is 0 Å². The number of nitrogens with zero attached hydrogens (tertiary/aromatic N) is 1. The topological polar surface area (TPSA) is 107 Å². The Morgan fingerprint density at radius 2 is 1.74 bits per heavy atom. The van der Waals surface area contributed by atoms with Crippen LogP contribution in [0.4, 0.5) is 5.69 Å². The Morgan fingerprint density at radius 1 is 1.09 bits per heavy atom. The van der Waals surface area contributed by atoms with Gasteiger partial charge in [0.1, 0.15) is 12.3 Å². The van der Waals surface area contributed by atoms with E-state index in [4.69, 9.17) is 5.11 Å². The Bertz CT molecular complexity index is 862. The fraction of sp³-hybridized carbons (Fsp3) is 0.133. The van der Waals surface area contributed by atoms with Crippen LogP contribution >= 0.6 is 0 Å². The number of aliphatic hydroxyl groups excluding tert-OH is 1. The maximum absolute atomic E-state index is 11.9. The van der Waals surface area contributed by atoms with Crippen molar-refractivity contribution in [1.82, 2.24) is 4.72 Å². The van der Waals surface area contributed by atoms with Gasteiger partial charge in [-0.25, -0.2) is 9.03 Å². The molecule has 1 fully saturated rings. The van der Waals surface area contributed by atoms with E-state index in [-0.39, 0.29) is 24.6 Å². The van der Waals surface area contributed by atoms with Crippen molar-refractivity contribution in [3.8, 4) is 16.9 Å². The van der Waals surface area contributed by atoms with Crippen LogP contribution < -0.4 is 9.03 Å². The maximum atomic E-state index is 11.9. The monoisotopic (exact) mass is 334 g/mol. The van der Waals surface area contributed by atoms with E-state index in [1.807, 2.05) is 4.72 Å². The van der Waals surface area contributed by atoms with E-state index in [9.17, 15) is 18.3 Å². The smallest absolute Gasteiger partial charge is 0.326 e. The third-order valence-electron chi connectivity index (χ3n) is 3.53. The number of aromatic hydroxyl groups is 1. The lowest BCUT2D eigenvalue weighted by Crippen LogP contribution is -2.29. The normalized spacial score (nSPS) is 16.4. The van der Waals surface area contributed by atoms with E-state index in [1.54, 1.807) is 30.3 Å². The summed E-state index contributed by atoms with van der Waals surface area (Å²) in [4.78, 5) is 11.3. The Balaban J connectivity index is 2.04. The quantitative estimate of drug-likeness (QED) is 0.767. The van der Waals surface area contributed by atoms with Gasteiger partial charge in [-0.15, -0.1) is 0 Å². The molecule has 3 rings (SSSR count). The summed E-state index contributed by atoms with van der Waals surface area (Å²) in [5, 5.41) is 19.0. The van der Waals surface area contributed by atoms with Crippen molar-refractivity contribution >= 4 is 21.8 Å². The summed E-state index contributed by atoms with van der Waals surface area (Å²) in [6.45, 7) is -0.441. The molecule has 0 aromatic heterocycles. The number of aliphatic hydroxyl groups is 1. The van der Waals surface area contributed by atoms with Gasteiger partial charge in [-0.3, -0.25) is 4.79 Å². The standard InChI is InChI=1S/C15H14N2O5S/c18-9-10-1-3-11(4-2-10)12-5-6-14(19)13(7-12)17-8-15(20)16-23(17,21)22/h1-7,18-19H,8-9H2,(H,16,20). The predicted molar refractivity (Wildman–Crippen MR) is 83.9 cm³/mol. The second kappa shape index (κ2) is 5.56. The highest BCUT2D eigenvalue weighted by molar-refractivity contribution is 7.92.